The molecule has 0 radical (unpaired) electrons. The lowest BCUT2D eigenvalue weighted by atomic mass is 10.1. The van der Waals surface area contributed by atoms with Gasteiger partial charge in [0, 0.05) is 21.0 Å². The Morgan fingerprint density at radius 3 is 2.70 bits per heavy atom. The summed E-state index contributed by atoms with van der Waals surface area (Å²) >= 11 is 15.7. The molecule has 2 heterocycles. The monoisotopic (exact) mass is 385 g/mol. The Labute approximate surface area is 154 Å². The summed E-state index contributed by atoms with van der Waals surface area (Å²) in [4.78, 5) is 16.1. The molecule has 23 heavy (non-hydrogen) atoms. The first-order chi connectivity index (χ1) is 11.0. The van der Waals surface area contributed by atoms with Crippen LogP contribution in [0.2, 0.25) is 10.0 Å². The zero-order valence-corrected chi connectivity index (χ0v) is 16.0. The molecule has 2 atom stereocenters. The number of halogens is 2. The Bertz CT molecular complexity index is 703. The van der Waals surface area contributed by atoms with E-state index in [0.717, 1.165) is 5.56 Å². The van der Waals surface area contributed by atoms with Crippen LogP contribution in [0.25, 0.3) is 0 Å². The molecule has 0 bridgehead atoms. The highest BCUT2D eigenvalue weighted by molar-refractivity contribution is 8.01. The second-order valence-corrected chi connectivity index (χ2v) is 8.88. The van der Waals surface area contributed by atoms with Crippen molar-refractivity contribution in [3.63, 3.8) is 0 Å². The summed E-state index contributed by atoms with van der Waals surface area (Å²) in [6.45, 7) is 4.13. The summed E-state index contributed by atoms with van der Waals surface area (Å²) in [5.74, 6) is 0.180. The third-order valence-electron chi connectivity index (χ3n) is 3.83. The number of amides is 1. The first-order valence-electron chi connectivity index (χ1n) is 7.42. The van der Waals surface area contributed by atoms with Crippen molar-refractivity contribution in [3.05, 3.63) is 56.2 Å². The van der Waals surface area contributed by atoms with E-state index in [1.54, 1.807) is 35.2 Å². The number of benzene rings is 1. The second kappa shape index (κ2) is 7.06. The fraction of sp³-hybridized carbons (Fsp3) is 0.353. The standard InChI is InChI=1S/C17H17Cl2NOS2/c1-10(2)20-16(21)15(23-17(20)14-4-3-7-22-14)9-11-8-12(18)5-6-13(11)19/h3-8,10,15,17H,9H2,1-2H3. The highest BCUT2D eigenvalue weighted by atomic mass is 35.5. The van der Waals surface area contributed by atoms with Gasteiger partial charge < -0.3 is 4.90 Å². The predicted molar refractivity (Wildman–Crippen MR) is 101 cm³/mol. The number of thioether (sulfide) groups is 1. The molecule has 1 fully saturated rings. The highest BCUT2D eigenvalue weighted by Gasteiger charge is 2.42. The van der Waals surface area contributed by atoms with Crippen molar-refractivity contribution in [2.24, 2.45) is 0 Å². The predicted octanol–water partition coefficient (Wildman–Crippen LogP) is 5.65. The van der Waals surface area contributed by atoms with Crippen LogP contribution in [0.15, 0.2) is 35.7 Å². The normalized spacial score (nSPS) is 21.4. The maximum absolute atomic E-state index is 12.9. The highest BCUT2D eigenvalue weighted by Crippen LogP contribution is 2.47. The molecule has 1 amide bonds. The fourth-order valence-electron chi connectivity index (χ4n) is 2.76. The molecule has 2 unspecified atom stereocenters. The Hall–Kier alpha value is -0.680. The van der Waals surface area contributed by atoms with E-state index in [4.69, 9.17) is 23.2 Å². The lowest BCUT2D eigenvalue weighted by molar-refractivity contribution is -0.131. The summed E-state index contributed by atoms with van der Waals surface area (Å²) in [6.07, 6.45) is 0.605. The molecular weight excluding hydrogens is 369 g/mol. The van der Waals surface area contributed by atoms with Crippen LogP contribution in [0, 0.1) is 0 Å². The van der Waals surface area contributed by atoms with E-state index >= 15 is 0 Å². The molecule has 122 valence electrons. The molecule has 1 aromatic heterocycles. The number of thiophene rings is 1. The van der Waals surface area contributed by atoms with E-state index in [9.17, 15) is 4.79 Å². The summed E-state index contributed by atoms with van der Waals surface area (Å²) in [6, 6.07) is 9.72. The van der Waals surface area contributed by atoms with Crippen molar-refractivity contribution in [2.45, 2.75) is 36.9 Å². The molecule has 6 heteroatoms. The first kappa shape index (κ1) is 17.2. The lowest BCUT2D eigenvalue weighted by Crippen LogP contribution is -2.36. The summed E-state index contributed by atoms with van der Waals surface area (Å²) in [7, 11) is 0. The maximum Gasteiger partial charge on any atom is 0.237 e. The van der Waals surface area contributed by atoms with Crippen LogP contribution in [0.4, 0.5) is 0 Å². The van der Waals surface area contributed by atoms with Crippen molar-refractivity contribution in [1.82, 2.24) is 4.90 Å². The van der Waals surface area contributed by atoms with Gasteiger partial charge in [0.2, 0.25) is 5.91 Å². The van der Waals surface area contributed by atoms with Gasteiger partial charge in [-0.05, 0) is 55.5 Å². The van der Waals surface area contributed by atoms with E-state index in [-0.39, 0.29) is 22.6 Å². The van der Waals surface area contributed by atoms with Crippen LogP contribution in [0.5, 0.6) is 0 Å². The molecule has 1 saturated heterocycles. The van der Waals surface area contributed by atoms with Crippen LogP contribution in [-0.2, 0) is 11.2 Å². The molecule has 0 saturated carbocycles. The van der Waals surface area contributed by atoms with Gasteiger partial charge in [0.15, 0.2) is 0 Å². The summed E-state index contributed by atoms with van der Waals surface area (Å²) in [5, 5.41) is 3.33. The third-order valence-corrected chi connectivity index (χ3v) is 6.95. The van der Waals surface area contributed by atoms with Crippen molar-refractivity contribution in [3.8, 4) is 0 Å². The van der Waals surface area contributed by atoms with Crippen molar-refractivity contribution < 1.29 is 4.79 Å². The van der Waals surface area contributed by atoms with Gasteiger partial charge in [0.05, 0.1) is 5.25 Å². The van der Waals surface area contributed by atoms with Crippen LogP contribution in [-0.4, -0.2) is 22.1 Å². The smallest absolute Gasteiger partial charge is 0.237 e. The topological polar surface area (TPSA) is 20.3 Å². The molecule has 1 aliphatic rings. The van der Waals surface area contributed by atoms with E-state index in [0.29, 0.717) is 16.5 Å². The maximum atomic E-state index is 12.9. The Morgan fingerprint density at radius 2 is 2.04 bits per heavy atom. The average molecular weight is 386 g/mol. The van der Waals surface area contributed by atoms with Crippen molar-refractivity contribution in [1.29, 1.82) is 0 Å². The number of rotatable bonds is 4. The van der Waals surface area contributed by atoms with E-state index in [1.807, 2.05) is 17.0 Å². The van der Waals surface area contributed by atoms with Crippen LogP contribution < -0.4 is 0 Å². The van der Waals surface area contributed by atoms with Gasteiger partial charge in [-0.1, -0.05) is 29.3 Å². The van der Waals surface area contributed by atoms with Gasteiger partial charge in [-0.2, -0.15) is 0 Å². The van der Waals surface area contributed by atoms with Crippen LogP contribution in [0.1, 0.15) is 29.7 Å². The number of hydrogen-bond donors (Lipinski definition) is 0. The number of nitrogens with zero attached hydrogens (tertiary/aromatic N) is 1. The Balaban J connectivity index is 1.86. The molecule has 1 aromatic carbocycles. The fourth-order valence-corrected chi connectivity index (χ4v) is 5.70. The zero-order valence-electron chi connectivity index (χ0n) is 12.8. The zero-order chi connectivity index (χ0) is 16.6. The minimum absolute atomic E-state index is 0.0884. The second-order valence-electron chi connectivity index (χ2n) is 5.77. The van der Waals surface area contributed by atoms with Gasteiger partial charge in [-0.15, -0.1) is 23.1 Å². The summed E-state index contributed by atoms with van der Waals surface area (Å²) < 4.78 is 0. The number of hydrogen-bond acceptors (Lipinski definition) is 3. The van der Waals surface area contributed by atoms with Gasteiger partial charge in [0.25, 0.3) is 0 Å². The van der Waals surface area contributed by atoms with Crippen LogP contribution in [0.3, 0.4) is 0 Å². The molecule has 2 nitrogen and oxygen atoms in total. The van der Waals surface area contributed by atoms with Crippen LogP contribution >= 0.6 is 46.3 Å². The van der Waals surface area contributed by atoms with Gasteiger partial charge in [-0.25, -0.2) is 0 Å². The number of carbonyl (C=O) groups excluding carboxylic acids is 1. The van der Waals surface area contributed by atoms with Gasteiger partial charge >= 0.3 is 0 Å². The summed E-state index contributed by atoms with van der Waals surface area (Å²) in [5.41, 5.74) is 0.931. The molecule has 1 aliphatic heterocycles. The van der Waals surface area contributed by atoms with E-state index in [2.05, 4.69) is 25.3 Å². The third kappa shape index (κ3) is 3.55. The van der Waals surface area contributed by atoms with Crippen molar-refractivity contribution in [2.75, 3.05) is 0 Å². The Kier molecular flexibility index (Phi) is 5.26. The molecule has 0 N–H and O–H groups in total. The minimum Gasteiger partial charge on any atom is -0.322 e. The molecule has 0 aliphatic carbocycles. The molecule has 0 spiro atoms. The molecule has 3 rings (SSSR count). The van der Waals surface area contributed by atoms with Crippen molar-refractivity contribution >= 4 is 52.2 Å². The van der Waals surface area contributed by atoms with E-state index in [1.165, 1.54) is 4.88 Å². The molecular formula is C17H17Cl2NOS2. The quantitative estimate of drug-likeness (QED) is 0.677. The van der Waals surface area contributed by atoms with E-state index < -0.39 is 0 Å². The SMILES string of the molecule is CC(C)N1C(=O)C(Cc2cc(Cl)ccc2Cl)SC1c1cccs1. The minimum atomic E-state index is -0.125. The van der Waals surface area contributed by atoms with Gasteiger partial charge in [0.1, 0.15) is 5.37 Å². The average Bonchev–Trinajstić information content (AvgIpc) is 3.11. The first-order valence-corrected chi connectivity index (χ1v) is 10.00. The Morgan fingerprint density at radius 1 is 1.26 bits per heavy atom. The largest absolute Gasteiger partial charge is 0.322 e. The van der Waals surface area contributed by atoms with Gasteiger partial charge in [-0.3, -0.25) is 4.79 Å². The molecule has 2 aromatic rings. The number of carbonyl (C=O) groups is 1. The lowest BCUT2D eigenvalue weighted by Gasteiger charge is -2.27.